The van der Waals surface area contributed by atoms with E-state index in [1.165, 1.54) is 12.3 Å². The summed E-state index contributed by atoms with van der Waals surface area (Å²) in [6.45, 7) is 4.81. The second-order valence-corrected chi connectivity index (χ2v) is 4.27. The second-order valence-electron chi connectivity index (χ2n) is 4.27. The fraction of sp³-hybridized carbons (Fsp3) is 0.357. The zero-order valence-corrected chi connectivity index (χ0v) is 10.6. The molecule has 3 nitrogen and oxygen atoms in total. The predicted molar refractivity (Wildman–Crippen MR) is 67.8 cm³/mol. The topological polar surface area (TPSA) is 38.1 Å². The van der Waals surface area contributed by atoms with Crippen LogP contribution in [0.5, 0.6) is 0 Å². The highest BCUT2D eigenvalue weighted by Crippen LogP contribution is 2.23. The highest BCUT2D eigenvalue weighted by molar-refractivity contribution is 5.25. The van der Waals surface area contributed by atoms with E-state index in [9.17, 15) is 4.39 Å². The molecule has 0 saturated carbocycles. The molecule has 2 rings (SSSR count). The van der Waals surface area contributed by atoms with Gasteiger partial charge in [0.2, 0.25) is 0 Å². The number of rotatable bonds is 5. The van der Waals surface area contributed by atoms with Crippen LogP contribution in [0.3, 0.4) is 0 Å². The molecule has 0 aliphatic carbocycles. The molecular weight excluding hydrogens is 231 g/mol. The number of hydrogen-bond donors (Lipinski definition) is 1. The molecule has 18 heavy (non-hydrogen) atoms. The number of aromatic nitrogens is 1. The minimum Gasteiger partial charge on any atom is -0.464 e. The zero-order valence-electron chi connectivity index (χ0n) is 10.6. The molecule has 0 aliphatic heterocycles. The van der Waals surface area contributed by atoms with Gasteiger partial charge in [-0.3, -0.25) is 4.98 Å². The summed E-state index contributed by atoms with van der Waals surface area (Å²) in [4.78, 5) is 3.89. The average molecular weight is 248 g/mol. The van der Waals surface area contributed by atoms with E-state index in [1.807, 2.05) is 19.1 Å². The molecule has 0 aromatic carbocycles. The van der Waals surface area contributed by atoms with Crippen molar-refractivity contribution in [2.24, 2.45) is 0 Å². The maximum atomic E-state index is 13.2. The number of nitrogens with one attached hydrogen (secondary N) is 1. The lowest BCUT2D eigenvalue weighted by Gasteiger charge is -2.16. The van der Waals surface area contributed by atoms with Crippen LogP contribution in [0.4, 0.5) is 4.39 Å². The van der Waals surface area contributed by atoms with E-state index in [0.29, 0.717) is 0 Å². The normalized spacial score (nSPS) is 12.6. The minimum atomic E-state index is -0.334. The molecule has 1 N–H and O–H groups in total. The first-order chi connectivity index (χ1) is 8.70. The smallest absolute Gasteiger partial charge is 0.141 e. The van der Waals surface area contributed by atoms with Gasteiger partial charge >= 0.3 is 0 Å². The van der Waals surface area contributed by atoms with Crippen LogP contribution < -0.4 is 5.32 Å². The van der Waals surface area contributed by atoms with Gasteiger partial charge in [-0.1, -0.05) is 6.92 Å². The van der Waals surface area contributed by atoms with E-state index in [0.717, 1.165) is 30.0 Å². The van der Waals surface area contributed by atoms with Crippen LogP contribution in [0.2, 0.25) is 0 Å². The van der Waals surface area contributed by atoms with Crippen LogP contribution in [-0.4, -0.2) is 11.5 Å². The van der Waals surface area contributed by atoms with Crippen molar-refractivity contribution in [2.75, 3.05) is 6.54 Å². The van der Waals surface area contributed by atoms with E-state index in [-0.39, 0.29) is 11.9 Å². The first kappa shape index (κ1) is 12.8. The van der Waals surface area contributed by atoms with Crippen LogP contribution in [0.15, 0.2) is 35.0 Å². The standard InChI is InChI=1S/C14H17FN2O/c1-3-6-17-14(13-5-4-10(2)18-13)11-7-12(15)9-16-8-11/h4-5,7-9,14,17H,3,6H2,1-2H3. The van der Waals surface area contributed by atoms with Gasteiger partial charge in [0, 0.05) is 6.20 Å². The molecule has 0 fully saturated rings. The first-order valence-corrected chi connectivity index (χ1v) is 6.11. The number of nitrogens with zero attached hydrogens (tertiary/aromatic N) is 1. The molecule has 4 heteroatoms. The summed E-state index contributed by atoms with van der Waals surface area (Å²) in [5.74, 6) is 1.30. The number of aryl methyl sites for hydroxylation is 1. The summed E-state index contributed by atoms with van der Waals surface area (Å²) in [5, 5.41) is 3.34. The van der Waals surface area contributed by atoms with E-state index in [4.69, 9.17) is 4.42 Å². The van der Waals surface area contributed by atoms with Crippen molar-refractivity contribution >= 4 is 0 Å². The number of hydrogen-bond acceptors (Lipinski definition) is 3. The Morgan fingerprint density at radius 2 is 2.22 bits per heavy atom. The summed E-state index contributed by atoms with van der Waals surface area (Å²) in [6.07, 6.45) is 3.86. The first-order valence-electron chi connectivity index (χ1n) is 6.11. The lowest BCUT2D eigenvalue weighted by molar-refractivity contribution is 0.429. The van der Waals surface area contributed by atoms with Crippen molar-refractivity contribution < 1.29 is 8.81 Å². The van der Waals surface area contributed by atoms with Gasteiger partial charge in [-0.05, 0) is 43.7 Å². The maximum absolute atomic E-state index is 13.2. The highest BCUT2D eigenvalue weighted by atomic mass is 19.1. The fourth-order valence-corrected chi connectivity index (χ4v) is 1.87. The van der Waals surface area contributed by atoms with Crippen molar-refractivity contribution in [1.82, 2.24) is 10.3 Å². The summed E-state index contributed by atoms with van der Waals surface area (Å²) in [5.41, 5.74) is 0.776. The van der Waals surface area contributed by atoms with Crippen LogP contribution >= 0.6 is 0 Å². The molecule has 1 unspecified atom stereocenters. The van der Waals surface area contributed by atoms with Crippen LogP contribution in [0.25, 0.3) is 0 Å². The summed E-state index contributed by atoms with van der Waals surface area (Å²) >= 11 is 0. The van der Waals surface area contributed by atoms with Gasteiger partial charge in [-0.15, -0.1) is 0 Å². The highest BCUT2D eigenvalue weighted by Gasteiger charge is 2.17. The molecule has 96 valence electrons. The molecular formula is C14H17FN2O. The Bertz CT molecular complexity index is 510. The summed E-state index contributed by atoms with van der Waals surface area (Å²) in [6, 6.07) is 5.15. The van der Waals surface area contributed by atoms with Crippen molar-refractivity contribution in [3.63, 3.8) is 0 Å². The zero-order chi connectivity index (χ0) is 13.0. The molecule has 2 heterocycles. The van der Waals surface area contributed by atoms with E-state index in [2.05, 4.69) is 17.2 Å². The minimum absolute atomic E-state index is 0.151. The Balaban J connectivity index is 2.30. The van der Waals surface area contributed by atoms with Gasteiger partial charge in [0.1, 0.15) is 17.3 Å². The number of furan rings is 1. The summed E-state index contributed by atoms with van der Waals surface area (Å²) in [7, 11) is 0. The van der Waals surface area contributed by atoms with Crippen molar-refractivity contribution in [1.29, 1.82) is 0 Å². The van der Waals surface area contributed by atoms with Gasteiger partial charge in [-0.2, -0.15) is 0 Å². The van der Waals surface area contributed by atoms with Crippen molar-refractivity contribution in [3.05, 3.63) is 53.5 Å². The largest absolute Gasteiger partial charge is 0.464 e. The van der Waals surface area contributed by atoms with Gasteiger partial charge in [0.05, 0.1) is 12.2 Å². The molecule has 0 bridgehead atoms. The molecule has 1 atom stereocenters. The number of pyridine rings is 1. The monoisotopic (exact) mass is 248 g/mol. The molecule has 0 saturated heterocycles. The SMILES string of the molecule is CCCNC(c1cncc(F)c1)c1ccc(C)o1. The van der Waals surface area contributed by atoms with Crippen molar-refractivity contribution in [2.45, 2.75) is 26.3 Å². The van der Waals surface area contributed by atoms with Crippen molar-refractivity contribution in [3.8, 4) is 0 Å². The summed E-state index contributed by atoms with van der Waals surface area (Å²) < 4.78 is 18.9. The third-order valence-corrected chi connectivity index (χ3v) is 2.70. The van der Waals surface area contributed by atoms with Gasteiger partial charge in [0.25, 0.3) is 0 Å². The maximum Gasteiger partial charge on any atom is 0.141 e. The predicted octanol–water partition coefficient (Wildman–Crippen LogP) is 3.21. The lowest BCUT2D eigenvalue weighted by atomic mass is 10.1. The Kier molecular flexibility index (Phi) is 4.10. The lowest BCUT2D eigenvalue weighted by Crippen LogP contribution is -2.23. The Hall–Kier alpha value is -1.68. The Morgan fingerprint density at radius 3 is 2.83 bits per heavy atom. The second kappa shape index (κ2) is 5.78. The third-order valence-electron chi connectivity index (χ3n) is 2.70. The van der Waals surface area contributed by atoms with Crippen LogP contribution in [0.1, 0.15) is 36.5 Å². The Morgan fingerprint density at radius 1 is 1.39 bits per heavy atom. The van der Waals surface area contributed by atoms with E-state index < -0.39 is 0 Å². The third kappa shape index (κ3) is 2.96. The van der Waals surface area contributed by atoms with E-state index >= 15 is 0 Å². The molecule has 2 aromatic heterocycles. The molecule has 0 radical (unpaired) electrons. The average Bonchev–Trinajstić information content (AvgIpc) is 2.76. The van der Waals surface area contributed by atoms with Gasteiger partial charge < -0.3 is 9.73 Å². The van der Waals surface area contributed by atoms with Crippen LogP contribution in [0, 0.1) is 12.7 Å². The quantitative estimate of drug-likeness (QED) is 0.883. The van der Waals surface area contributed by atoms with Crippen LogP contribution in [-0.2, 0) is 0 Å². The molecule has 0 spiro atoms. The van der Waals surface area contributed by atoms with Gasteiger partial charge in [0.15, 0.2) is 0 Å². The number of halogens is 1. The Labute approximate surface area is 106 Å². The van der Waals surface area contributed by atoms with E-state index in [1.54, 1.807) is 6.20 Å². The molecule has 0 amide bonds. The molecule has 0 aliphatic rings. The van der Waals surface area contributed by atoms with Gasteiger partial charge in [-0.25, -0.2) is 4.39 Å². The fourth-order valence-electron chi connectivity index (χ4n) is 1.87. The molecule has 2 aromatic rings.